The van der Waals surface area contributed by atoms with Crippen LogP contribution in [-0.4, -0.2) is 35.3 Å². The Kier molecular flexibility index (Phi) is 5.81. The molecule has 0 atom stereocenters. The fourth-order valence-corrected chi connectivity index (χ4v) is 3.55. The molecule has 2 aromatic carbocycles. The van der Waals surface area contributed by atoms with E-state index in [0.29, 0.717) is 12.3 Å². The van der Waals surface area contributed by atoms with E-state index in [4.69, 9.17) is 17.0 Å². The number of hydrogen-bond acceptors (Lipinski definition) is 3. The first-order valence-electron chi connectivity index (χ1n) is 8.23. The fourth-order valence-electron chi connectivity index (χ4n) is 3.03. The van der Waals surface area contributed by atoms with Crippen LogP contribution in [-0.2, 0) is 19.4 Å². The first kappa shape index (κ1) is 18.0. The molecule has 0 spiro atoms. The Labute approximate surface area is 161 Å². The molecule has 0 amide bonds. The van der Waals surface area contributed by atoms with Crippen LogP contribution in [0.2, 0.25) is 0 Å². The Morgan fingerprint density at radius 3 is 2.76 bits per heavy atom. The summed E-state index contributed by atoms with van der Waals surface area (Å²) in [5.41, 5.74) is 3.34. The molecular formula is C19H21BrN2O2S. The number of halogens is 1. The number of nitrogens with zero attached hydrogens (tertiary/aromatic N) is 1. The quantitative estimate of drug-likeness (QED) is 0.739. The second kappa shape index (κ2) is 8.06. The highest BCUT2D eigenvalue weighted by molar-refractivity contribution is 9.10. The van der Waals surface area contributed by atoms with E-state index in [1.807, 2.05) is 12.1 Å². The van der Waals surface area contributed by atoms with Gasteiger partial charge in [-0.2, -0.15) is 0 Å². The number of phenolic OH excluding ortho intramolecular Hbond substituents is 1. The average Bonchev–Trinajstić information content (AvgIpc) is 2.63. The Morgan fingerprint density at radius 2 is 2.04 bits per heavy atom. The van der Waals surface area contributed by atoms with Crippen LogP contribution in [0.15, 0.2) is 40.9 Å². The predicted molar refractivity (Wildman–Crippen MR) is 107 cm³/mol. The average molecular weight is 421 g/mol. The third kappa shape index (κ3) is 4.25. The Bertz CT molecular complexity index is 765. The highest BCUT2D eigenvalue weighted by Gasteiger charge is 2.22. The van der Waals surface area contributed by atoms with Gasteiger partial charge in [-0.25, -0.2) is 0 Å². The van der Waals surface area contributed by atoms with Gasteiger partial charge in [0.1, 0.15) is 0 Å². The molecule has 3 rings (SSSR count). The SMILES string of the molecule is COc1ccc2c(c1O)CCN(C(=S)NCCc1ccc(Br)cc1)C2. The number of thiocarbonyl (C=S) groups is 1. The van der Waals surface area contributed by atoms with Gasteiger partial charge in [0.2, 0.25) is 0 Å². The van der Waals surface area contributed by atoms with Crippen molar-refractivity contribution in [2.45, 2.75) is 19.4 Å². The topological polar surface area (TPSA) is 44.7 Å². The van der Waals surface area contributed by atoms with Crippen LogP contribution < -0.4 is 10.1 Å². The van der Waals surface area contributed by atoms with Gasteiger partial charge in [0.05, 0.1) is 7.11 Å². The normalized spacial score (nSPS) is 13.3. The summed E-state index contributed by atoms with van der Waals surface area (Å²) in [4.78, 5) is 2.14. The van der Waals surface area contributed by atoms with Crippen LogP contribution >= 0.6 is 28.1 Å². The Morgan fingerprint density at radius 1 is 1.28 bits per heavy atom. The molecule has 1 heterocycles. The molecule has 6 heteroatoms. The number of nitrogens with one attached hydrogen (secondary N) is 1. The van der Waals surface area contributed by atoms with Crippen LogP contribution in [0.3, 0.4) is 0 Å². The summed E-state index contributed by atoms with van der Waals surface area (Å²) in [5, 5.41) is 14.4. The van der Waals surface area contributed by atoms with Gasteiger partial charge >= 0.3 is 0 Å². The second-order valence-electron chi connectivity index (χ2n) is 6.03. The van der Waals surface area contributed by atoms with E-state index in [-0.39, 0.29) is 5.75 Å². The molecule has 1 aliphatic heterocycles. The Balaban J connectivity index is 1.55. The number of benzene rings is 2. The molecule has 0 bridgehead atoms. The minimum atomic E-state index is 0.258. The molecule has 0 aromatic heterocycles. The van der Waals surface area contributed by atoms with E-state index in [1.54, 1.807) is 7.11 Å². The highest BCUT2D eigenvalue weighted by Crippen LogP contribution is 2.35. The van der Waals surface area contributed by atoms with Crippen LogP contribution in [0.5, 0.6) is 11.5 Å². The number of phenols is 1. The number of hydrogen-bond donors (Lipinski definition) is 2. The number of fused-ring (bicyclic) bond motifs is 1. The smallest absolute Gasteiger partial charge is 0.169 e. The van der Waals surface area contributed by atoms with Crippen LogP contribution in [0.25, 0.3) is 0 Å². The highest BCUT2D eigenvalue weighted by atomic mass is 79.9. The van der Waals surface area contributed by atoms with Crippen molar-refractivity contribution < 1.29 is 9.84 Å². The molecule has 0 saturated carbocycles. The van der Waals surface area contributed by atoms with Gasteiger partial charge in [-0.1, -0.05) is 34.1 Å². The molecule has 0 saturated heterocycles. The van der Waals surface area contributed by atoms with Crippen molar-refractivity contribution in [3.8, 4) is 11.5 Å². The van der Waals surface area contributed by atoms with E-state index in [0.717, 1.165) is 46.6 Å². The molecule has 132 valence electrons. The molecule has 4 nitrogen and oxygen atoms in total. The summed E-state index contributed by atoms with van der Waals surface area (Å²) in [5.74, 6) is 0.788. The number of ether oxygens (including phenoxy) is 1. The lowest BCUT2D eigenvalue weighted by molar-refractivity contribution is 0.351. The number of aromatic hydroxyl groups is 1. The maximum atomic E-state index is 10.3. The zero-order chi connectivity index (χ0) is 17.8. The van der Waals surface area contributed by atoms with Crippen molar-refractivity contribution in [3.63, 3.8) is 0 Å². The number of methoxy groups -OCH3 is 1. The molecule has 0 fully saturated rings. The standard InChI is InChI=1S/C19H21BrN2O2S/c1-24-17-7-4-14-12-22(11-9-16(14)18(17)23)19(25)21-10-8-13-2-5-15(20)6-3-13/h2-7,23H,8-12H2,1H3,(H,21,25). The summed E-state index contributed by atoms with van der Waals surface area (Å²) in [6.45, 7) is 2.30. The summed E-state index contributed by atoms with van der Waals surface area (Å²) in [6.07, 6.45) is 1.68. The van der Waals surface area contributed by atoms with Crippen molar-refractivity contribution >= 4 is 33.3 Å². The summed E-state index contributed by atoms with van der Waals surface area (Å²) in [7, 11) is 1.57. The van der Waals surface area contributed by atoms with E-state index >= 15 is 0 Å². The third-order valence-electron chi connectivity index (χ3n) is 4.45. The molecule has 2 aromatic rings. The third-order valence-corrected chi connectivity index (χ3v) is 5.38. The van der Waals surface area contributed by atoms with Gasteiger partial charge in [0.15, 0.2) is 16.6 Å². The van der Waals surface area contributed by atoms with E-state index in [1.165, 1.54) is 5.56 Å². The maximum Gasteiger partial charge on any atom is 0.169 e. The van der Waals surface area contributed by atoms with Gasteiger partial charge < -0.3 is 20.1 Å². The van der Waals surface area contributed by atoms with Crippen molar-refractivity contribution in [3.05, 3.63) is 57.6 Å². The molecular weight excluding hydrogens is 400 g/mol. The molecule has 1 aliphatic rings. The molecule has 25 heavy (non-hydrogen) atoms. The zero-order valence-corrected chi connectivity index (χ0v) is 16.5. The lowest BCUT2D eigenvalue weighted by Crippen LogP contribution is -2.43. The molecule has 0 unspecified atom stereocenters. The minimum Gasteiger partial charge on any atom is -0.504 e. The van der Waals surface area contributed by atoms with Crippen LogP contribution in [0.1, 0.15) is 16.7 Å². The lowest BCUT2D eigenvalue weighted by atomic mass is 9.98. The largest absolute Gasteiger partial charge is 0.504 e. The van der Waals surface area contributed by atoms with Crippen LogP contribution in [0, 0.1) is 0 Å². The summed E-state index contributed by atoms with van der Waals surface area (Å²) in [6, 6.07) is 12.1. The summed E-state index contributed by atoms with van der Waals surface area (Å²) >= 11 is 8.99. The van der Waals surface area contributed by atoms with Gasteiger partial charge in [-0.05, 0) is 54.4 Å². The van der Waals surface area contributed by atoms with Crippen LogP contribution in [0.4, 0.5) is 0 Å². The molecule has 0 aliphatic carbocycles. The van der Waals surface area contributed by atoms with Crippen molar-refractivity contribution in [2.75, 3.05) is 20.2 Å². The van der Waals surface area contributed by atoms with Crippen molar-refractivity contribution in [2.24, 2.45) is 0 Å². The monoisotopic (exact) mass is 420 g/mol. The van der Waals surface area contributed by atoms with Gasteiger partial charge in [0.25, 0.3) is 0 Å². The zero-order valence-electron chi connectivity index (χ0n) is 14.1. The fraction of sp³-hybridized carbons (Fsp3) is 0.316. The second-order valence-corrected chi connectivity index (χ2v) is 7.34. The summed E-state index contributed by atoms with van der Waals surface area (Å²) < 4.78 is 6.27. The first-order chi connectivity index (χ1) is 12.1. The van der Waals surface area contributed by atoms with Gasteiger partial charge in [-0.15, -0.1) is 0 Å². The van der Waals surface area contributed by atoms with E-state index < -0.39 is 0 Å². The van der Waals surface area contributed by atoms with Crippen molar-refractivity contribution in [1.82, 2.24) is 10.2 Å². The predicted octanol–water partition coefficient (Wildman–Crippen LogP) is 3.64. The first-order valence-corrected chi connectivity index (χ1v) is 9.43. The Hall–Kier alpha value is -1.79. The van der Waals surface area contributed by atoms with Gasteiger partial charge in [0, 0.05) is 29.7 Å². The van der Waals surface area contributed by atoms with E-state index in [9.17, 15) is 5.11 Å². The molecule has 2 N–H and O–H groups in total. The maximum absolute atomic E-state index is 10.3. The minimum absolute atomic E-state index is 0.258. The number of rotatable bonds is 4. The lowest BCUT2D eigenvalue weighted by Gasteiger charge is -2.31. The van der Waals surface area contributed by atoms with E-state index in [2.05, 4.69) is 50.4 Å². The van der Waals surface area contributed by atoms with Crippen molar-refractivity contribution in [1.29, 1.82) is 0 Å². The molecule has 0 radical (unpaired) electrons. The van der Waals surface area contributed by atoms with Gasteiger partial charge in [-0.3, -0.25) is 0 Å².